The van der Waals surface area contributed by atoms with Crippen molar-refractivity contribution < 1.29 is 8.42 Å². The normalized spacial score (nSPS) is 13.4. The molecule has 0 amide bonds. The molecule has 1 atom stereocenters. The van der Waals surface area contributed by atoms with Gasteiger partial charge in [-0.05, 0) is 49.9 Å². The molecule has 0 saturated carbocycles. The molecule has 0 radical (unpaired) electrons. The van der Waals surface area contributed by atoms with Crippen LogP contribution in [0.5, 0.6) is 0 Å². The Bertz CT molecular complexity index is 568. The summed E-state index contributed by atoms with van der Waals surface area (Å²) in [4.78, 5) is 0.343. The first-order valence-electron chi connectivity index (χ1n) is 7.64. The Balaban J connectivity index is 2.92. The summed E-state index contributed by atoms with van der Waals surface area (Å²) in [6, 6.07) is 3.54. The molecule has 0 saturated heterocycles. The zero-order valence-corrected chi connectivity index (χ0v) is 14.4. The highest BCUT2D eigenvalue weighted by atomic mass is 32.2. The van der Waals surface area contributed by atoms with Gasteiger partial charge in [0.1, 0.15) is 0 Å². The molecule has 0 aromatic heterocycles. The number of hydrogen-bond donors (Lipinski definition) is 2. The Morgan fingerprint density at radius 3 is 2.43 bits per heavy atom. The highest BCUT2D eigenvalue weighted by Crippen LogP contribution is 2.21. The summed E-state index contributed by atoms with van der Waals surface area (Å²) in [7, 11) is -3.48. The molecule has 0 fully saturated rings. The standard InChI is InChI=1S/C16H28N2O2S/c1-5-6-7-8-14(4)18-21(19,20)16-10-15(11-17)12(2)9-13(16)3/h9-10,14,18H,5-8,11,17H2,1-4H3. The minimum absolute atomic E-state index is 0.0522. The van der Waals surface area contributed by atoms with Crippen molar-refractivity contribution in [1.82, 2.24) is 4.72 Å². The number of nitrogens with two attached hydrogens (primary N) is 1. The second-order valence-corrected chi connectivity index (χ2v) is 7.45. The Labute approximate surface area is 129 Å². The van der Waals surface area contributed by atoms with E-state index < -0.39 is 10.0 Å². The van der Waals surface area contributed by atoms with Gasteiger partial charge >= 0.3 is 0 Å². The SMILES string of the molecule is CCCCCC(C)NS(=O)(=O)c1cc(CN)c(C)cc1C. The molecule has 21 heavy (non-hydrogen) atoms. The summed E-state index contributed by atoms with van der Waals surface area (Å²) < 4.78 is 27.8. The predicted molar refractivity (Wildman–Crippen MR) is 87.7 cm³/mol. The van der Waals surface area contributed by atoms with Gasteiger partial charge in [-0.2, -0.15) is 0 Å². The highest BCUT2D eigenvalue weighted by Gasteiger charge is 2.20. The molecule has 0 aliphatic heterocycles. The van der Waals surface area contributed by atoms with Crippen molar-refractivity contribution >= 4 is 10.0 Å². The molecule has 0 heterocycles. The lowest BCUT2D eigenvalue weighted by atomic mass is 10.1. The van der Waals surface area contributed by atoms with E-state index in [0.29, 0.717) is 11.4 Å². The lowest BCUT2D eigenvalue weighted by molar-refractivity contribution is 0.527. The molecule has 5 heteroatoms. The maximum atomic E-state index is 12.5. The number of sulfonamides is 1. The van der Waals surface area contributed by atoms with Gasteiger partial charge in [-0.3, -0.25) is 0 Å². The third-order valence-electron chi connectivity index (χ3n) is 3.74. The van der Waals surface area contributed by atoms with Gasteiger partial charge in [0.05, 0.1) is 4.90 Å². The Morgan fingerprint density at radius 1 is 1.19 bits per heavy atom. The number of aryl methyl sites for hydroxylation is 2. The van der Waals surface area contributed by atoms with Crippen molar-refractivity contribution in [2.45, 2.75) is 70.9 Å². The lowest BCUT2D eigenvalue weighted by Crippen LogP contribution is -2.33. The van der Waals surface area contributed by atoms with Gasteiger partial charge in [-0.1, -0.05) is 32.3 Å². The summed E-state index contributed by atoms with van der Waals surface area (Å²) in [6.45, 7) is 8.18. The van der Waals surface area contributed by atoms with Crippen LogP contribution in [0.3, 0.4) is 0 Å². The van der Waals surface area contributed by atoms with Crippen molar-refractivity contribution in [3.05, 3.63) is 28.8 Å². The third-order valence-corrected chi connectivity index (χ3v) is 5.47. The predicted octanol–water partition coefficient (Wildman–Crippen LogP) is 3.01. The van der Waals surface area contributed by atoms with E-state index in [1.165, 1.54) is 0 Å². The van der Waals surface area contributed by atoms with Crippen LogP contribution < -0.4 is 10.5 Å². The van der Waals surface area contributed by atoms with E-state index in [2.05, 4.69) is 11.6 Å². The van der Waals surface area contributed by atoms with E-state index in [-0.39, 0.29) is 6.04 Å². The van der Waals surface area contributed by atoms with Crippen molar-refractivity contribution in [1.29, 1.82) is 0 Å². The largest absolute Gasteiger partial charge is 0.326 e. The zero-order valence-electron chi connectivity index (χ0n) is 13.6. The molecule has 3 N–H and O–H groups in total. The van der Waals surface area contributed by atoms with Crippen LogP contribution in [0, 0.1) is 13.8 Å². The number of rotatable bonds is 8. The van der Waals surface area contributed by atoms with Gasteiger partial charge in [-0.25, -0.2) is 13.1 Å². The van der Waals surface area contributed by atoms with E-state index in [9.17, 15) is 8.42 Å². The first-order valence-corrected chi connectivity index (χ1v) is 9.12. The van der Waals surface area contributed by atoms with Crippen LogP contribution in [-0.2, 0) is 16.6 Å². The summed E-state index contributed by atoms with van der Waals surface area (Å²) in [5.74, 6) is 0. The Kier molecular flexibility index (Phi) is 6.84. The molecule has 1 unspecified atom stereocenters. The zero-order chi connectivity index (χ0) is 16.0. The molecule has 120 valence electrons. The average Bonchev–Trinajstić information content (AvgIpc) is 2.38. The molecule has 0 aliphatic carbocycles. The highest BCUT2D eigenvalue weighted by molar-refractivity contribution is 7.89. The minimum Gasteiger partial charge on any atom is -0.326 e. The number of unbranched alkanes of at least 4 members (excludes halogenated alkanes) is 2. The van der Waals surface area contributed by atoms with E-state index >= 15 is 0 Å². The molecule has 4 nitrogen and oxygen atoms in total. The van der Waals surface area contributed by atoms with Crippen molar-refractivity contribution in [2.24, 2.45) is 5.73 Å². The first kappa shape index (κ1) is 18.1. The molecule has 1 aromatic carbocycles. The van der Waals surface area contributed by atoms with Gasteiger partial charge in [0, 0.05) is 12.6 Å². The second-order valence-electron chi connectivity index (χ2n) is 5.77. The molecule has 0 bridgehead atoms. The van der Waals surface area contributed by atoms with Crippen molar-refractivity contribution in [3.8, 4) is 0 Å². The fourth-order valence-electron chi connectivity index (χ4n) is 2.47. The molecule has 0 aliphatic rings. The summed E-state index contributed by atoms with van der Waals surface area (Å²) in [5.41, 5.74) is 8.35. The smallest absolute Gasteiger partial charge is 0.241 e. The lowest BCUT2D eigenvalue weighted by Gasteiger charge is -2.17. The topological polar surface area (TPSA) is 72.2 Å². The van der Waals surface area contributed by atoms with Crippen LogP contribution in [0.4, 0.5) is 0 Å². The van der Waals surface area contributed by atoms with Crippen LogP contribution in [-0.4, -0.2) is 14.5 Å². The number of benzene rings is 1. The molecule has 1 aromatic rings. The first-order chi connectivity index (χ1) is 9.81. The third kappa shape index (κ3) is 5.09. The quantitative estimate of drug-likeness (QED) is 0.725. The van der Waals surface area contributed by atoms with Crippen LogP contribution in [0.25, 0.3) is 0 Å². The van der Waals surface area contributed by atoms with Crippen LogP contribution in [0.15, 0.2) is 17.0 Å². The number of hydrogen-bond acceptors (Lipinski definition) is 3. The van der Waals surface area contributed by atoms with Crippen LogP contribution in [0.1, 0.15) is 56.2 Å². The molecule has 1 rings (SSSR count). The summed E-state index contributed by atoms with van der Waals surface area (Å²) >= 11 is 0. The van der Waals surface area contributed by atoms with E-state index in [0.717, 1.165) is 42.4 Å². The average molecular weight is 312 g/mol. The van der Waals surface area contributed by atoms with Gasteiger partial charge < -0.3 is 5.73 Å². The van der Waals surface area contributed by atoms with E-state index in [4.69, 9.17) is 5.73 Å². The minimum atomic E-state index is -3.48. The van der Waals surface area contributed by atoms with E-state index in [1.807, 2.05) is 26.8 Å². The Morgan fingerprint density at radius 2 is 1.86 bits per heavy atom. The maximum absolute atomic E-state index is 12.5. The van der Waals surface area contributed by atoms with Crippen LogP contribution in [0.2, 0.25) is 0 Å². The van der Waals surface area contributed by atoms with Gasteiger partial charge in [0.2, 0.25) is 10.0 Å². The fraction of sp³-hybridized carbons (Fsp3) is 0.625. The maximum Gasteiger partial charge on any atom is 0.241 e. The molecular weight excluding hydrogens is 284 g/mol. The van der Waals surface area contributed by atoms with Crippen LogP contribution >= 0.6 is 0 Å². The molecular formula is C16H28N2O2S. The van der Waals surface area contributed by atoms with Crippen molar-refractivity contribution in [3.63, 3.8) is 0 Å². The van der Waals surface area contributed by atoms with Gasteiger partial charge in [-0.15, -0.1) is 0 Å². The monoisotopic (exact) mass is 312 g/mol. The van der Waals surface area contributed by atoms with Gasteiger partial charge in [0.15, 0.2) is 0 Å². The van der Waals surface area contributed by atoms with E-state index in [1.54, 1.807) is 6.07 Å². The Hall–Kier alpha value is -0.910. The summed E-state index contributed by atoms with van der Waals surface area (Å²) in [6.07, 6.45) is 4.17. The second kappa shape index (κ2) is 7.92. The van der Waals surface area contributed by atoms with Gasteiger partial charge in [0.25, 0.3) is 0 Å². The number of nitrogens with one attached hydrogen (secondary N) is 1. The molecule has 0 spiro atoms. The fourth-order valence-corrected chi connectivity index (χ4v) is 4.03. The summed E-state index contributed by atoms with van der Waals surface area (Å²) in [5, 5.41) is 0. The van der Waals surface area contributed by atoms with Crippen molar-refractivity contribution in [2.75, 3.05) is 0 Å².